The summed E-state index contributed by atoms with van der Waals surface area (Å²) in [4.78, 5) is 4.85. The van der Waals surface area contributed by atoms with Crippen LogP contribution in [0.15, 0.2) is 103 Å². The van der Waals surface area contributed by atoms with Crippen LogP contribution in [0, 0.1) is 0 Å². The van der Waals surface area contributed by atoms with Crippen LogP contribution < -0.4 is 5.22 Å². The molecule has 0 spiro atoms. The Labute approximate surface area is 179 Å². The Hall–Kier alpha value is -4.31. The molecule has 0 saturated heterocycles. The molecule has 146 valence electrons. The summed E-state index contributed by atoms with van der Waals surface area (Å²) in [6.45, 7) is 0. The SMILES string of the molecule is C(c1ccccc1)=c1c(-c2ccc3ccccc3c2)nn2nc(-c3ccccc3)nc12. The molecule has 0 N–H and O–H groups in total. The van der Waals surface area contributed by atoms with Crippen molar-refractivity contribution in [1.29, 1.82) is 0 Å². The average molecular weight is 398 g/mol. The van der Waals surface area contributed by atoms with Gasteiger partial charge in [0.05, 0.1) is 0 Å². The quantitative estimate of drug-likeness (QED) is 0.414. The highest BCUT2D eigenvalue weighted by molar-refractivity contribution is 5.87. The van der Waals surface area contributed by atoms with Gasteiger partial charge in [-0.3, -0.25) is 0 Å². The molecule has 2 aromatic heterocycles. The highest BCUT2D eigenvalue weighted by atomic mass is 15.5. The number of aromatic nitrogens is 4. The Bertz CT molecular complexity index is 1570. The molecule has 0 saturated carbocycles. The molecule has 0 radical (unpaired) electrons. The third-order valence-electron chi connectivity index (χ3n) is 5.45. The van der Waals surface area contributed by atoms with Crippen molar-refractivity contribution in [3.8, 4) is 22.6 Å². The summed E-state index contributed by atoms with van der Waals surface area (Å²) in [6, 6.07) is 35.1. The van der Waals surface area contributed by atoms with E-state index in [9.17, 15) is 0 Å². The van der Waals surface area contributed by atoms with Gasteiger partial charge in [-0.25, -0.2) is 4.98 Å². The smallest absolute Gasteiger partial charge is 0.186 e. The van der Waals surface area contributed by atoms with E-state index in [4.69, 9.17) is 10.1 Å². The maximum Gasteiger partial charge on any atom is 0.186 e. The molecular weight excluding hydrogens is 380 g/mol. The predicted molar refractivity (Wildman–Crippen MR) is 124 cm³/mol. The molecule has 4 heteroatoms. The second kappa shape index (κ2) is 7.18. The highest BCUT2D eigenvalue weighted by Crippen LogP contribution is 2.23. The monoisotopic (exact) mass is 398 g/mol. The van der Waals surface area contributed by atoms with Crippen molar-refractivity contribution in [2.24, 2.45) is 0 Å². The maximum atomic E-state index is 4.85. The van der Waals surface area contributed by atoms with E-state index in [-0.39, 0.29) is 0 Å². The highest BCUT2D eigenvalue weighted by Gasteiger charge is 2.15. The lowest BCUT2D eigenvalue weighted by Crippen LogP contribution is -2.04. The first-order valence-electron chi connectivity index (χ1n) is 10.2. The number of hydrogen-bond acceptors (Lipinski definition) is 3. The molecule has 2 heterocycles. The van der Waals surface area contributed by atoms with E-state index in [2.05, 4.69) is 65.8 Å². The van der Waals surface area contributed by atoms with Crippen LogP contribution >= 0.6 is 0 Å². The summed E-state index contributed by atoms with van der Waals surface area (Å²) >= 11 is 0. The van der Waals surface area contributed by atoms with Gasteiger partial charge in [-0.15, -0.1) is 14.8 Å². The van der Waals surface area contributed by atoms with Gasteiger partial charge >= 0.3 is 0 Å². The molecule has 31 heavy (non-hydrogen) atoms. The van der Waals surface area contributed by atoms with Crippen LogP contribution in [0.3, 0.4) is 0 Å². The summed E-state index contributed by atoms with van der Waals surface area (Å²) in [5, 5.41) is 12.9. The van der Waals surface area contributed by atoms with Crippen LogP contribution in [-0.2, 0) is 0 Å². The predicted octanol–water partition coefficient (Wildman–Crippen LogP) is 5.16. The topological polar surface area (TPSA) is 43.1 Å². The molecule has 0 amide bonds. The summed E-state index contributed by atoms with van der Waals surface area (Å²) in [7, 11) is 0. The van der Waals surface area contributed by atoms with Gasteiger partial charge in [0.25, 0.3) is 0 Å². The largest absolute Gasteiger partial charge is 0.204 e. The van der Waals surface area contributed by atoms with Gasteiger partial charge < -0.3 is 0 Å². The summed E-state index contributed by atoms with van der Waals surface area (Å²) in [6.07, 6.45) is 2.14. The van der Waals surface area contributed by atoms with Crippen LogP contribution in [0.1, 0.15) is 5.56 Å². The zero-order chi connectivity index (χ0) is 20.6. The van der Waals surface area contributed by atoms with Crippen LogP contribution in [0.2, 0.25) is 0 Å². The second-order valence-corrected chi connectivity index (χ2v) is 7.49. The van der Waals surface area contributed by atoms with Gasteiger partial charge in [0.15, 0.2) is 11.5 Å². The Balaban J connectivity index is 1.60. The number of rotatable bonds is 3. The fourth-order valence-electron chi connectivity index (χ4n) is 3.90. The minimum Gasteiger partial charge on any atom is -0.204 e. The minimum absolute atomic E-state index is 0.677. The van der Waals surface area contributed by atoms with Gasteiger partial charge in [-0.2, -0.15) is 0 Å². The van der Waals surface area contributed by atoms with Crippen molar-refractivity contribution in [2.75, 3.05) is 0 Å². The number of fused-ring (bicyclic) bond motifs is 2. The van der Waals surface area contributed by atoms with Crippen LogP contribution in [-0.4, -0.2) is 19.8 Å². The van der Waals surface area contributed by atoms with E-state index in [1.165, 1.54) is 10.8 Å². The Morgan fingerprint density at radius 1 is 0.613 bits per heavy atom. The van der Waals surface area contributed by atoms with Crippen molar-refractivity contribution in [3.63, 3.8) is 0 Å². The Morgan fingerprint density at radius 2 is 1.32 bits per heavy atom. The number of nitrogens with zero attached hydrogens (tertiary/aromatic N) is 4. The van der Waals surface area contributed by atoms with E-state index in [1.807, 2.05) is 48.5 Å². The fraction of sp³-hybridized carbons (Fsp3) is 0. The Morgan fingerprint density at radius 3 is 2.13 bits per heavy atom. The maximum absolute atomic E-state index is 4.85. The van der Waals surface area contributed by atoms with Crippen molar-refractivity contribution in [3.05, 3.63) is 114 Å². The molecule has 6 rings (SSSR count). The third kappa shape index (κ3) is 3.15. The number of hydrogen-bond donors (Lipinski definition) is 0. The van der Waals surface area contributed by atoms with E-state index in [0.29, 0.717) is 5.82 Å². The lowest BCUT2D eigenvalue weighted by atomic mass is 10.0. The van der Waals surface area contributed by atoms with Gasteiger partial charge in [-0.1, -0.05) is 97.1 Å². The fourth-order valence-corrected chi connectivity index (χ4v) is 3.90. The second-order valence-electron chi connectivity index (χ2n) is 7.49. The standard InChI is InChI=1S/C27H18N4/c1-3-9-19(10-4-1)17-24-25(23-16-15-20-11-7-8-14-22(20)18-23)29-31-27(24)28-26(30-31)21-12-5-2-6-13-21/h1-18H. The van der Waals surface area contributed by atoms with Crippen LogP contribution in [0.4, 0.5) is 0 Å². The molecule has 0 aliphatic heterocycles. The minimum atomic E-state index is 0.677. The molecule has 0 unspecified atom stereocenters. The van der Waals surface area contributed by atoms with Crippen LogP contribution in [0.25, 0.3) is 45.1 Å². The molecule has 0 aliphatic rings. The lowest BCUT2D eigenvalue weighted by Gasteiger charge is -2.01. The van der Waals surface area contributed by atoms with Crippen molar-refractivity contribution < 1.29 is 0 Å². The normalized spacial score (nSPS) is 12.1. The van der Waals surface area contributed by atoms with E-state index in [1.54, 1.807) is 4.63 Å². The molecular formula is C27H18N4. The summed E-state index contributed by atoms with van der Waals surface area (Å²) in [5.41, 5.74) is 4.76. The molecule has 4 nitrogen and oxygen atoms in total. The molecule has 4 aromatic carbocycles. The van der Waals surface area contributed by atoms with Gasteiger partial charge in [-0.05, 0) is 28.5 Å². The van der Waals surface area contributed by atoms with E-state index < -0.39 is 0 Å². The molecule has 0 aliphatic carbocycles. The number of benzene rings is 4. The lowest BCUT2D eigenvalue weighted by molar-refractivity contribution is 0.828. The van der Waals surface area contributed by atoms with Crippen molar-refractivity contribution in [1.82, 2.24) is 19.8 Å². The van der Waals surface area contributed by atoms with Crippen molar-refractivity contribution >= 4 is 22.5 Å². The van der Waals surface area contributed by atoms with E-state index in [0.717, 1.165) is 33.3 Å². The van der Waals surface area contributed by atoms with Crippen molar-refractivity contribution in [2.45, 2.75) is 0 Å². The zero-order valence-corrected chi connectivity index (χ0v) is 16.7. The van der Waals surface area contributed by atoms with E-state index >= 15 is 0 Å². The van der Waals surface area contributed by atoms with Gasteiger partial charge in [0, 0.05) is 16.3 Å². The Kier molecular flexibility index (Phi) is 4.06. The molecule has 0 bridgehead atoms. The first kappa shape index (κ1) is 17.5. The zero-order valence-electron chi connectivity index (χ0n) is 16.7. The first-order valence-corrected chi connectivity index (χ1v) is 10.2. The average Bonchev–Trinajstić information content (AvgIpc) is 3.39. The molecule has 0 fully saturated rings. The van der Waals surface area contributed by atoms with Gasteiger partial charge in [0.2, 0.25) is 0 Å². The molecule has 6 aromatic rings. The third-order valence-corrected chi connectivity index (χ3v) is 5.45. The molecule has 0 atom stereocenters. The summed E-state index contributed by atoms with van der Waals surface area (Å²) < 4.78 is 1.65. The summed E-state index contributed by atoms with van der Waals surface area (Å²) in [5.74, 6) is 0.677. The van der Waals surface area contributed by atoms with Gasteiger partial charge in [0.1, 0.15) is 5.69 Å². The van der Waals surface area contributed by atoms with Crippen LogP contribution in [0.5, 0.6) is 0 Å². The first-order chi connectivity index (χ1) is 15.3.